The molecular formula is C40H31N5O6S2. The minimum absolute atomic E-state index is 0.141. The van der Waals surface area contributed by atoms with Gasteiger partial charge in [-0.25, -0.2) is 4.98 Å². The van der Waals surface area contributed by atoms with Crippen LogP contribution in [-0.4, -0.2) is 34.7 Å². The first-order valence-corrected chi connectivity index (χ1v) is 17.9. The third-order valence-electron chi connectivity index (χ3n) is 7.79. The number of thioether (sulfide) groups is 1. The van der Waals surface area contributed by atoms with Crippen molar-refractivity contribution in [3.63, 3.8) is 0 Å². The number of benzene rings is 5. The lowest BCUT2D eigenvalue weighted by atomic mass is 10.1. The Labute approximate surface area is 312 Å². The van der Waals surface area contributed by atoms with E-state index in [4.69, 9.17) is 4.74 Å². The van der Waals surface area contributed by atoms with Gasteiger partial charge in [0.1, 0.15) is 16.7 Å². The standard InChI is InChI=1S/C40H31N5O6S2/c1-51-35-19-11-9-17-31(35)33-25-52-40(43-33)44-39(48)36(26-12-4-2-5-13-26)53-30-22-20-29(21-23-30)41-38(47)32(42-37(46)27-14-6-3-7-15-27)24-28-16-8-10-18-34(28)45(49)50/h2-25,36H,1H3,(H,41,47)(H,42,46)(H,43,44,48)/b32-24-. The van der Waals surface area contributed by atoms with Gasteiger partial charge in [-0.3, -0.25) is 24.5 Å². The summed E-state index contributed by atoms with van der Waals surface area (Å²) >= 11 is 2.64. The summed E-state index contributed by atoms with van der Waals surface area (Å²) in [6.45, 7) is 0. The van der Waals surface area contributed by atoms with E-state index in [0.29, 0.717) is 27.8 Å². The highest BCUT2D eigenvalue weighted by Crippen LogP contribution is 2.38. The number of hydrogen-bond donors (Lipinski definition) is 3. The molecular weight excluding hydrogens is 711 g/mol. The van der Waals surface area contributed by atoms with Crippen molar-refractivity contribution < 1.29 is 24.0 Å². The summed E-state index contributed by atoms with van der Waals surface area (Å²) in [5.74, 6) is -0.836. The second kappa shape index (κ2) is 17.1. The molecule has 1 aromatic heterocycles. The highest BCUT2D eigenvalue weighted by molar-refractivity contribution is 8.00. The predicted molar refractivity (Wildman–Crippen MR) is 208 cm³/mol. The molecule has 13 heteroatoms. The van der Waals surface area contributed by atoms with Crippen molar-refractivity contribution in [1.82, 2.24) is 10.3 Å². The number of nitrogens with one attached hydrogen (secondary N) is 3. The zero-order valence-electron chi connectivity index (χ0n) is 28.1. The molecule has 0 radical (unpaired) electrons. The number of aromatic nitrogens is 1. The fourth-order valence-corrected chi connectivity index (χ4v) is 6.95. The summed E-state index contributed by atoms with van der Waals surface area (Å²) < 4.78 is 5.47. The molecule has 1 heterocycles. The van der Waals surface area contributed by atoms with Crippen LogP contribution < -0.4 is 20.7 Å². The first kappa shape index (κ1) is 36.2. The number of amides is 3. The van der Waals surface area contributed by atoms with Crippen molar-refractivity contribution in [2.24, 2.45) is 0 Å². The molecule has 1 unspecified atom stereocenters. The van der Waals surface area contributed by atoms with Crippen LogP contribution in [0.1, 0.15) is 26.7 Å². The average Bonchev–Trinajstić information content (AvgIpc) is 3.66. The maximum atomic E-state index is 13.8. The number of nitro groups is 1. The van der Waals surface area contributed by atoms with Crippen LogP contribution in [-0.2, 0) is 9.59 Å². The monoisotopic (exact) mass is 741 g/mol. The Balaban J connectivity index is 1.19. The number of carbonyl (C=O) groups excluding carboxylic acids is 3. The molecule has 3 amide bonds. The second-order valence-corrected chi connectivity index (χ2v) is 13.3. The molecule has 0 fully saturated rings. The smallest absolute Gasteiger partial charge is 0.276 e. The Kier molecular flexibility index (Phi) is 11.7. The van der Waals surface area contributed by atoms with E-state index in [1.807, 2.05) is 60.0 Å². The molecule has 1 atom stereocenters. The van der Waals surface area contributed by atoms with E-state index in [-0.39, 0.29) is 22.9 Å². The molecule has 0 spiro atoms. The van der Waals surface area contributed by atoms with E-state index < -0.39 is 22.0 Å². The van der Waals surface area contributed by atoms with E-state index in [2.05, 4.69) is 20.9 Å². The van der Waals surface area contributed by atoms with Gasteiger partial charge >= 0.3 is 0 Å². The average molecular weight is 742 g/mol. The van der Waals surface area contributed by atoms with Gasteiger partial charge in [0, 0.05) is 33.2 Å². The quantitative estimate of drug-likeness (QED) is 0.0461. The van der Waals surface area contributed by atoms with Crippen LogP contribution >= 0.6 is 23.1 Å². The molecule has 0 aliphatic rings. The lowest BCUT2D eigenvalue weighted by Gasteiger charge is -2.17. The normalized spacial score (nSPS) is 11.6. The minimum Gasteiger partial charge on any atom is -0.496 e. The SMILES string of the molecule is COc1ccccc1-c1csc(NC(=O)C(Sc2ccc(NC(=O)/C(=C/c3ccccc3[N+](=O)[O-])NC(=O)c3ccccc3)cc2)c2ccccc2)n1. The largest absolute Gasteiger partial charge is 0.496 e. The number of para-hydroxylation sites is 2. The molecule has 6 aromatic rings. The summed E-state index contributed by atoms with van der Waals surface area (Å²) in [5, 5.41) is 21.7. The predicted octanol–water partition coefficient (Wildman–Crippen LogP) is 8.61. The van der Waals surface area contributed by atoms with Gasteiger partial charge in [0.05, 0.1) is 23.3 Å². The van der Waals surface area contributed by atoms with Crippen LogP contribution in [0.4, 0.5) is 16.5 Å². The van der Waals surface area contributed by atoms with Gasteiger partial charge in [-0.15, -0.1) is 23.1 Å². The van der Waals surface area contributed by atoms with Crippen LogP contribution in [0.2, 0.25) is 0 Å². The van der Waals surface area contributed by atoms with Crippen LogP contribution in [0.25, 0.3) is 17.3 Å². The van der Waals surface area contributed by atoms with Gasteiger partial charge in [-0.05, 0) is 66.2 Å². The van der Waals surface area contributed by atoms with Gasteiger partial charge < -0.3 is 20.7 Å². The van der Waals surface area contributed by atoms with E-state index in [1.54, 1.807) is 67.8 Å². The molecule has 6 rings (SSSR count). The molecule has 53 heavy (non-hydrogen) atoms. The van der Waals surface area contributed by atoms with Crippen molar-refractivity contribution in [1.29, 1.82) is 0 Å². The van der Waals surface area contributed by atoms with Crippen LogP contribution in [0, 0.1) is 10.1 Å². The number of ether oxygens (including phenoxy) is 1. The van der Waals surface area contributed by atoms with Gasteiger partial charge in [-0.2, -0.15) is 0 Å². The molecule has 0 aliphatic carbocycles. The van der Waals surface area contributed by atoms with E-state index in [9.17, 15) is 24.5 Å². The van der Waals surface area contributed by atoms with Gasteiger partial charge in [0.15, 0.2) is 5.13 Å². The number of hydrogen-bond acceptors (Lipinski definition) is 9. The summed E-state index contributed by atoms with van der Waals surface area (Å²) in [4.78, 5) is 56.8. The summed E-state index contributed by atoms with van der Waals surface area (Å²) in [5.41, 5.74) is 2.71. The molecule has 0 saturated carbocycles. The number of thiazole rings is 1. The highest BCUT2D eigenvalue weighted by atomic mass is 32.2. The topological polar surface area (TPSA) is 153 Å². The maximum Gasteiger partial charge on any atom is 0.276 e. The van der Waals surface area contributed by atoms with E-state index in [1.165, 1.54) is 47.4 Å². The summed E-state index contributed by atoms with van der Waals surface area (Å²) in [7, 11) is 1.60. The van der Waals surface area contributed by atoms with Crippen molar-refractivity contribution in [2.45, 2.75) is 10.1 Å². The zero-order chi connectivity index (χ0) is 37.2. The van der Waals surface area contributed by atoms with Crippen LogP contribution in [0.15, 0.2) is 149 Å². The van der Waals surface area contributed by atoms with Gasteiger partial charge in [0.2, 0.25) is 5.91 Å². The van der Waals surface area contributed by atoms with Crippen molar-refractivity contribution in [2.75, 3.05) is 17.7 Å². The third-order valence-corrected chi connectivity index (χ3v) is 9.81. The molecule has 11 nitrogen and oxygen atoms in total. The lowest BCUT2D eigenvalue weighted by Crippen LogP contribution is -2.30. The highest BCUT2D eigenvalue weighted by Gasteiger charge is 2.24. The van der Waals surface area contributed by atoms with Crippen molar-refractivity contribution in [3.8, 4) is 17.0 Å². The van der Waals surface area contributed by atoms with E-state index in [0.717, 1.165) is 16.0 Å². The molecule has 5 aromatic carbocycles. The van der Waals surface area contributed by atoms with Crippen LogP contribution in [0.3, 0.4) is 0 Å². The Hall–Kier alpha value is -6.57. The molecule has 3 N–H and O–H groups in total. The molecule has 264 valence electrons. The molecule has 0 aliphatic heterocycles. The van der Waals surface area contributed by atoms with Crippen LogP contribution in [0.5, 0.6) is 5.75 Å². The summed E-state index contributed by atoms with van der Waals surface area (Å²) in [6.07, 6.45) is 1.27. The number of rotatable bonds is 13. The van der Waals surface area contributed by atoms with E-state index >= 15 is 0 Å². The number of nitrogens with zero attached hydrogens (tertiary/aromatic N) is 2. The molecule has 0 bridgehead atoms. The second-order valence-electron chi connectivity index (χ2n) is 11.3. The zero-order valence-corrected chi connectivity index (χ0v) is 29.7. The first-order valence-electron chi connectivity index (χ1n) is 16.1. The number of carbonyl (C=O) groups is 3. The number of anilines is 2. The first-order chi connectivity index (χ1) is 25.8. The molecule has 0 saturated heterocycles. The minimum atomic E-state index is -0.690. The lowest BCUT2D eigenvalue weighted by molar-refractivity contribution is -0.385. The van der Waals surface area contributed by atoms with Crippen molar-refractivity contribution >= 4 is 63.4 Å². The Morgan fingerprint density at radius 1 is 0.830 bits per heavy atom. The number of nitro benzene ring substituents is 1. The fourth-order valence-electron chi connectivity index (χ4n) is 5.21. The third kappa shape index (κ3) is 9.22. The van der Waals surface area contributed by atoms with Crippen molar-refractivity contribution in [3.05, 3.63) is 171 Å². The number of methoxy groups -OCH3 is 1. The van der Waals surface area contributed by atoms with Gasteiger partial charge in [-0.1, -0.05) is 72.8 Å². The fraction of sp³-hybridized carbons (Fsp3) is 0.0500. The maximum absolute atomic E-state index is 13.8. The Morgan fingerprint density at radius 2 is 1.49 bits per heavy atom. The van der Waals surface area contributed by atoms with Gasteiger partial charge in [0.25, 0.3) is 17.5 Å². The Morgan fingerprint density at radius 3 is 2.21 bits per heavy atom. The summed E-state index contributed by atoms with van der Waals surface area (Å²) in [6, 6.07) is 38.0. The Bertz CT molecular complexity index is 2280.